The highest BCUT2D eigenvalue weighted by atomic mass is 32.2. The molecule has 2 aromatic rings. The number of hydrogen-bond acceptors (Lipinski definition) is 5. The van der Waals surface area contributed by atoms with Crippen LogP contribution >= 0.6 is 11.8 Å². The smallest absolute Gasteiger partial charge is 0.416 e. The van der Waals surface area contributed by atoms with Crippen LogP contribution < -0.4 is 15.4 Å². The molecule has 1 aliphatic heterocycles. The highest BCUT2D eigenvalue weighted by Crippen LogP contribution is 2.36. The van der Waals surface area contributed by atoms with Gasteiger partial charge in [0.05, 0.1) is 17.2 Å². The minimum atomic E-state index is -4.43. The molecule has 1 saturated heterocycles. The van der Waals surface area contributed by atoms with Crippen LogP contribution in [0.1, 0.15) is 46.1 Å². The summed E-state index contributed by atoms with van der Waals surface area (Å²) < 4.78 is 43.7. The van der Waals surface area contributed by atoms with E-state index >= 15 is 0 Å². The van der Waals surface area contributed by atoms with Gasteiger partial charge >= 0.3 is 6.18 Å². The average molecular weight is 452 g/mol. The quantitative estimate of drug-likeness (QED) is 0.677. The van der Waals surface area contributed by atoms with Gasteiger partial charge in [-0.3, -0.25) is 19.7 Å². The third-order valence-corrected chi connectivity index (χ3v) is 5.37. The van der Waals surface area contributed by atoms with Crippen LogP contribution in [0.4, 0.5) is 18.0 Å². The molecule has 3 amide bonds. The molecule has 10 heteroatoms. The number of imide groups is 1. The summed E-state index contributed by atoms with van der Waals surface area (Å²) >= 11 is 0.816. The summed E-state index contributed by atoms with van der Waals surface area (Å²) in [5.41, 5.74) is 0.333. The summed E-state index contributed by atoms with van der Waals surface area (Å²) in [5, 5.41) is 3.60. The Morgan fingerprint density at radius 2 is 1.84 bits per heavy atom. The number of hydrogen-bond donors (Lipinski definition) is 2. The predicted molar refractivity (Wildman–Crippen MR) is 109 cm³/mol. The lowest BCUT2D eigenvalue weighted by Crippen LogP contribution is -2.25. The van der Waals surface area contributed by atoms with Gasteiger partial charge in [0.2, 0.25) is 5.91 Å². The Bertz CT molecular complexity index is 1010. The maximum atomic E-state index is 12.8. The Kier molecular flexibility index (Phi) is 6.59. The molecule has 0 aromatic heterocycles. The molecule has 1 fully saturated rings. The third kappa shape index (κ3) is 5.57. The molecule has 1 atom stereocenters. The second kappa shape index (κ2) is 9.01. The van der Waals surface area contributed by atoms with Gasteiger partial charge in [0.25, 0.3) is 11.1 Å². The Morgan fingerprint density at radius 3 is 2.39 bits per heavy atom. The van der Waals surface area contributed by atoms with Gasteiger partial charge in [0, 0.05) is 6.54 Å². The molecule has 2 N–H and O–H groups in total. The first-order valence-electron chi connectivity index (χ1n) is 9.31. The number of carbonyl (C=O) groups is 3. The van der Waals surface area contributed by atoms with Crippen molar-refractivity contribution in [2.75, 3.05) is 0 Å². The third-order valence-electron chi connectivity index (χ3n) is 4.34. The van der Waals surface area contributed by atoms with Gasteiger partial charge < -0.3 is 10.1 Å². The van der Waals surface area contributed by atoms with Crippen LogP contribution in [0.2, 0.25) is 0 Å². The van der Waals surface area contributed by atoms with Crippen LogP contribution in [0, 0.1) is 0 Å². The van der Waals surface area contributed by atoms with Crippen LogP contribution in [0.25, 0.3) is 0 Å². The second-order valence-corrected chi connectivity index (χ2v) is 8.15. The van der Waals surface area contributed by atoms with Gasteiger partial charge in [-0.2, -0.15) is 13.2 Å². The predicted octanol–water partition coefficient (Wildman–Crippen LogP) is 4.45. The molecule has 164 valence electrons. The molecule has 0 aliphatic carbocycles. The van der Waals surface area contributed by atoms with Crippen LogP contribution in [-0.2, 0) is 17.5 Å². The van der Waals surface area contributed by atoms with E-state index in [4.69, 9.17) is 4.74 Å². The number of benzene rings is 2. The molecular weight excluding hydrogens is 433 g/mol. The maximum absolute atomic E-state index is 12.8. The number of thioether (sulfide) groups is 1. The van der Waals surface area contributed by atoms with E-state index in [1.165, 1.54) is 18.2 Å². The number of amides is 3. The highest BCUT2D eigenvalue weighted by Gasteiger charge is 2.34. The average Bonchev–Trinajstić information content (AvgIpc) is 3.03. The molecule has 1 unspecified atom stereocenters. The SMILES string of the molecule is CC(C)Oc1ccc(C2SC(=O)NC2=O)cc1C(=O)NCc1ccc(C(F)(F)F)cc1. The van der Waals surface area contributed by atoms with Crippen LogP contribution in [0.15, 0.2) is 42.5 Å². The number of nitrogens with one attached hydrogen (secondary N) is 2. The zero-order valence-electron chi connectivity index (χ0n) is 16.6. The molecule has 3 rings (SSSR count). The molecule has 0 spiro atoms. The zero-order chi connectivity index (χ0) is 22.8. The van der Waals surface area contributed by atoms with Crippen molar-refractivity contribution in [2.45, 2.75) is 37.9 Å². The van der Waals surface area contributed by atoms with Crippen molar-refractivity contribution >= 4 is 28.8 Å². The Labute approximate surface area is 180 Å². The first kappa shape index (κ1) is 22.7. The van der Waals surface area contributed by atoms with Crippen LogP contribution in [0.5, 0.6) is 5.75 Å². The minimum Gasteiger partial charge on any atom is -0.490 e. The molecule has 2 aromatic carbocycles. The van der Waals surface area contributed by atoms with E-state index in [0.29, 0.717) is 16.9 Å². The largest absolute Gasteiger partial charge is 0.490 e. The fraction of sp³-hybridized carbons (Fsp3) is 0.286. The molecule has 31 heavy (non-hydrogen) atoms. The lowest BCUT2D eigenvalue weighted by atomic mass is 10.0. The van der Waals surface area contributed by atoms with Crippen molar-refractivity contribution in [2.24, 2.45) is 0 Å². The Hall–Kier alpha value is -3.01. The van der Waals surface area contributed by atoms with Gasteiger partial charge in [0.1, 0.15) is 11.0 Å². The van der Waals surface area contributed by atoms with Crippen molar-refractivity contribution < 1.29 is 32.3 Å². The first-order chi connectivity index (χ1) is 14.5. The van der Waals surface area contributed by atoms with Crippen molar-refractivity contribution in [3.05, 3.63) is 64.7 Å². The van der Waals surface area contributed by atoms with E-state index in [9.17, 15) is 27.6 Å². The Morgan fingerprint density at radius 1 is 1.16 bits per heavy atom. The lowest BCUT2D eigenvalue weighted by molar-refractivity contribution is -0.137. The summed E-state index contributed by atoms with van der Waals surface area (Å²) in [5.74, 6) is -0.700. The summed E-state index contributed by atoms with van der Waals surface area (Å²) in [6.45, 7) is 3.58. The van der Waals surface area contributed by atoms with Gasteiger partial charge in [-0.05, 0) is 61.0 Å². The molecule has 0 saturated carbocycles. The minimum absolute atomic E-state index is 0.000528. The van der Waals surface area contributed by atoms with E-state index in [2.05, 4.69) is 10.6 Å². The van der Waals surface area contributed by atoms with E-state index in [1.54, 1.807) is 26.0 Å². The summed E-state index contributed by atoms with van der Waals surface area (Å²) in [6.07, 6.45) is -4.66. The summed E-state index contributed by atoms with van der Waals surface area (Å²) in [4.78, 5) is 36.3. The maximum Gasteiger partial charge on any atom is 0.416 e. The van der Waals surface area contributed by atoms with Crippen LogP contribution in [-0.4, -0.2) is 23.2 Å². The lowest BCUT2D eigenvalue weighted by Gasteiger charge is -2.16. The summed E-state index contributed by atoms with van der Waals surface area (Å²) in [6, 6.07) is 9.12. The Balaban J connectivity index is 1.79. The number of alkyl halides is 3. The summed E-state index contributed by atoms with van der Waals surface area (Å²) in [7, 11) is 0. The van der Waals surface area contributed by atoms with Gasteiger partial charge in [-0.1, -0.05) is 18.2 Å². The topological polar surface area (TPSA) is 84.5 Å². The number of carbonyl (C=O) groups excluding carboxylic acids is 3. The van der Waals surface area contributed by atoms with E-state index in [-0.39, 0.29) is 18.2 Å². The standard InChI is InChI=1S/C21H19F3N2O4S/c1-11(2)30-16-8-5-13(17-19(28)26-20(29)31-17)9-15(16)18(27)25-10-12-3-6-14(7-4-12)21(22,23)24/h3-9,11,17H,10H2,1-2H3,(H,25,27)(H,26,28,29). The second-order valence-electron chi connectivity index (χ2n) is 7.07. The fourth-order valence-corrected chi connectivity index (χ4v) is 3.73. The number of halogens is 3. The normalized spacial score (nSPS) is 16.4. The monoisotopic (exact) mass is 452 g/mol. The van der Waals surface area contributed by atoms with E-state index in [1.807, 2.05) is 0 Å². The molecule has 6 nitrogen and oxygen atoms in total. The molecule has 1 aliphatic rings. The highest BCUT2D eigenvalue weighted by molar-refractivity contribution is 8.15. The van der Waals surface area contributed by atoms with Gasteiger partial charge in [-0.25, -0.2) is 0 Å². The fourth-order valence-electron chi connectivity index (χ4n) is 2.91. The van der Waals surface area contributed by atoms with Crippen molar-refractivity contribution in [3.8, 4) is 5.75 Å². The molecule has 1 heterocycles. The first-order valence-corrected chi connectivity index (χ1v) is 10.2. The van der Waals surface area contributed by atoms with E-state index in [0.717, 1.165) is 23.9 Å². The molecule has 0 bridgehead atoms. The zero-order valence-corrected chi connectivity index (χ0v) is 17.4. The molecular formula is C21H19F3N2O4S. The molecule has 0 radical (unpaired) electrons. The number of ether oxygens (including phenoxy) is 1. The van der Waals surface area contributed by atoms with Crippen molar-refractivity contribution in [3.63, 3.8) is 0 Å². The van der Waals surface area contributed by atoms with Crippen LogP contribution in [0.3, 0.4) is 0 Å². The number of rotatable bonds is 6. The van der Waals surface area contributed by atoms with Crippen molar-refractivity contribution in [1.29, 1.82) is 0 Å². The van der Waals surface area contributed by atoms with Crippen molar-refractivity contribution in [1.82, 2.24) is 10.6 Å². The van der Waals surface area contributed by atoms with E-state index < -0.39 is 34.0 Å². The van der Waals surface area contributed by atoms with Gasteiger partial charge in [0.15, 0.2) is 0 Å². The van der Waals surface area contributed by atoms with Gasteiger partial charge in [-0.15, -0.1) is 0 Å².